The first-order valence-electron chi connectivity index (χ1n) is 14.1. The second kappa shape index (κ2) is 11.4. The van der Waals surface area contributed by atoms with E-state index in [9.17, 15) is 17.6 Å². The van der Waals surface area contributed by atoms with Gasteiger partial charge >= 0.3 is 0 Å². The van der Waals surface area contributed by atoms with Crippen LogP contribution in [0.25, 0.3) is 22.3 Å². The number of hydrogen-bond acceptors (Lipinski definition) is 5. The topological polar surface area (TPSA) is 88.8 Å². The molecular formula is C33H33FN2O5S. The highest BCUT2D eigenvalue weighted by Gasteiger charge is 2.34. The summed E-state index contributed by atoms with van der Waals surface area (Å²) in [4.78, 5) is 13.5. The largest absolute Gasteiger partial charge is 0.455 e. The Kier molecular flexibility index (Phi) is 7.64. The van der Waals surface area contributed by atoms with Crippen molar-refractivity contribution >= 4 is 32.6 Å². The molecule has 2 saturated carbocycles. The minimum absolute atomic E-state index is 0.0411. The molecule has 1 N–H and O–H groups in total. The van der Waals surface area contributed by atoms with E-state index in [-0.39, 0.29) is 31.0 Å². The Labute approximate surface area is 245 Å². The van der Waals surface area contributed by atoms with E-state index >= 15 is 0 Å². The van der Waals surface area contributed by atoms with Gasteiger partial charge in [-0.05, 0) is 78.6 Å². The number of carbonyl (C=O) groups is 1. The van der Waals surface area contributed by atoms with Crippen LogP contribution >= 0.6 is 0 Å². The van der Waals surface area contributed by atoms with E-state index in [0.717, 1.165) is 36.8 Å². The number of benzene rings is 3. The second-order valence-corrected chi connectivity index (χ2v) is 13.1. The molecule has 2 aliphatic rings. The molecule has 1 amide bonds. The molecular weight excluding hydrogens is 555 g/mol. The van der Waals surface area contributed by atoms with Crippen LogP contribution in [0, 0.1) is 5.82 Å². The van der Waals surface area contributed by atoms with Gasteiger partial charge in [-0.3, -0.25) is 9.10 Å². The third-order valence-corrected chi connectivity index (χ3v) is 8.68. The fourth-order valence-electron chi connectivity index (χ4n) is 5.12. The number of nitrogens with zero attached hydrogens (tertiary/aromatic N) is 1. The standard InChI is InChI=1S/C33H33FN2O5S/c1-21(19-40-20-22-6-4-3-5-7-22)18-36(42(2,38)39)29-17-30-28(16-27(29)23-8-9-23)31(33(37)35-26-14-15-26)32(41-30)24-10-12-25(34)13-11-24/h3-7,10-13,16-17,23,26H,1,8-9,14-15,18-20H2,2H3,(H,35,37). The molecule has 0 spiro atoms. The van der Waals surface area contributed by atoms with Gasteiger partial charge in [-0.1, -0.05) is 36.9 Å². The zero-order chi connectivity index (χ0) is 29.4. The molecule has 0 aliphatic heterocycles. The molecule has 7 nitrogen and oxygen atoms in total. The summed E-state index contributed by atoms with van der Waals surface area (Å²) in [5.74, 6) is -0.158. The smallest absolute Gasteiger partial charge is 0.256 e. The van der Waals surface area contributed by atoms with E-state index < -0.39 is 15.8 Å². The Hall–Kier alpha value is -3.95. The summed E-state index contributed by atoms with van der Waals surface area (Å²) in [5.41, 5.74) is 4.29. The van der Waals surface area contributed by atoms with Crippen LogP contribution in [0.1, 0.15) is 53.1 Å². The maximum Gasteiger partial charge on any atom is 0.256 e. The zero-order valence-electron chi connectivity index (χ0n) is 23.4. The van der Waals surface area contributed by atoms with Gasteiger partial charge in [-0.2, -0.15) is 0 Å². The highest BCUT2D eigenvalue weighted by molar-refractivity contribution is 7.92. The van der Waals surface area contributed by atoms with Gasteiger partial charge in [0.25, 0.3) is 5.91 Å². The lowest BCUT2D eigenvalue weighted by Crippen LogP contribution is -2.33. The number of amides is 1. The number of carbonyl (C=O) groups excluding carboxylic acids is 1. The quantitative estimate of drug-likeness (QED) is 0.190. The third-order valence-electron chi connectivity index (χ3n) is 7.55. The van der Waals surface area contributed by atoms with Crippen LogP contribution in [0.2, 0.25) is 0 Å². The molecule has 0 unspecified atom stereocenters. The first-order chi connectivity index (χ1) is 20.2. The predicted octanol–water partition coefficient (Wildman–Crippen LogP) is 6.55. The summed E-state index contributed by atoms with van der Waals surface area (Å²) < 4.78 is 53.5. The summed E-state index contributed by atoms with van der Waals surface area (Å²) in [6, 6.07) is 19.3. The highest BCUT2D eigenvalue weighted by atomic mass is 32.2. The van der Waals surface area contributed by atoms with Gasteiger partial charge < -0.3 is 14.5 Å². The first kappa shape index (κ1) is 28.2. The van der Waals surface area contributed by atoms with E-state index in [1.165, 1.54) is 22.7 Å². The van der Waals surface area contributed by atoms with Crippen molar-refractivity contribution in [3.05, 3.63) is 101 Å². The van der Waals surface area contributed by atoms with Crippen LogP contribution in [-0.2, 0) is 21.4 Å². The van der Waals surface area contributed by atoms with Crippen LogP contribution in [0.3, 0.4) is 0 Å². The van der Waals surface area contributed by atoms with Gasteiger partial charge in [0.2, 0.25) is 10.0 Å². The molecule has 1 heterocycles. The molecule has 0 atom stereocenters. The van der Waals surface area contributed by atoms with E-state index in [1.54, 1.807) is 18.2 Å². The number of anilines is 1. The molecule has 42 heavy (non-hydrogen) atoms. The molecule has 6 rings (SSSR count). The van der Waals surface area contributed by atoms with Crippen molar-refractivity contribution in [3.63, 3.8) is 0 Å². The summed E-state index contributed by atoms with van der Waals surface area (Å²) in [6.45, 7) is 4.73. The maximum atomic E-state index is 13.7. The molecule has 3 aromatic carbocycles. The number of halogens is 1. The molecule has 4 aromatic rings. The molecule has 1 aromatic heterocycles. The molecule has 0 radical (unpaired) electrons. The second-order valence-electron chi connectivity index (χ2n) is 11.2. The fourth-order valence-corrected chi connectivity index (χ4v) is 6.05. The lowest BCUT2D eigenvalue weighted by molar-refractivity contribution is 0.0952. The Balaban J connectivity index is 1.37. The number of rotatable bonds is 12. The van der Waals surface area contributed by atoms with Gasteiger partial charge in [-0.25, -0.2) is 12.8 Å². The lowest BCUT2D eigenvalue weighted by Gasteiger charge is -2.26. The van der Waals surface area contributed by atoms with E-state index in [1.807, 2.05) is 36.4 Å². The number of sulfonamides is 1. The van der Waals surface area contributed by atoms with Gasteiger partial charge in [0.15, 0.2) is 0 Å². The van der Waals surface area contributed by atoms with Crippen molar-refractivity contribution in [2.45, 2.75) is 44.2 Å². The summed E-state index contributed by atoms with van der Waals surface area (Å²) >= 11 is 0. The average Bonchev–Trinajstić information content (AvgIpc) is 3.90. The van der Waals surface area contributed by atoms with Crippen LogP contribution < -0.4 is 9.62 Å². The van der Waals surface area contributed by atoms with Crippen molar-refractivity contribution in [3.8, 4) is 11.3 Å². The van der Waals surface area contributed by atoms with Crippen molar-refractivity contribution in [2.24, 2.45) is 0 Å². The van der Waals surface area contributed by atoms with Crippen LogP contribution in [0.5, 0.6) is 0 Å². The Morgan fingerprint density at radius 2 is 1.79 bits per heavy atom. The number of furan rings is 1. The summed E-state index contributed by atoms with van der Waals surface area (Å²) in [7, 11) is -3.72. The van der Waals surface area contributed by atoms with E-state index in [4.69, 9.17) is 9.15 Å². The van der Waals surface area contributed by atoms with Gasteiger partial charge in [0.1, 0.15) is 17.2 Å². The van der Waals surface area contributed by atoms with Gasteiger partial charge in [0.05, 0.1) is 37.3 Å². The van der Waals surface area contributed by atoms with Crippen molar-refractivity contribution in [2.75, 3.05) is 23.7 Å². The van der Waals surface area contributed by atoms with Gasteiger partial charge in [-0.15, -0.1) is 0 Å². The molecule has 0 saturated heterocycles. The van der Waals surface area contributed by atoms with Crippen molar-refractivity contribution in [1.29, 1.82) is 0 Å². The maximum absolute atomic E-state index is 13.7. The number of fused-ring (bicyclic) bond motifs is 1. The van der Waals surface area contributed by atoms with E-state index in [2.05, 4.69) is 11.9 Å². The van der Waals surface area contributed by atoms with Crippen LogP contribution in [-0.4, -0.2) is 39.8 Å². The normalized spacial score (nSPS) is 15.1. The highest BCUT2D eigenvalue weighted by Crippen LogP contribution is 2.48. The van der Waals surface area contributed by atoms with Crippen molar-refractivity contribution < 1.29 is 26.8 Å². The molecule has 9 heteroatoms. The SMILES string of the molecule is C=C(COCc1ccccc1)CN(c1cc2oc(-c3ccc(F)cc3)c(C(=O)NC3CC3)c2cc1C1CC1)S(C)(=O)=O. The summed E-state index contributed by atoms with van der Waals surface area (Å²) in [5, 5.41) is 3.66. The number of nitrogens with one attached hydrogen (secondary N) is 1. The minimum atomic E-state index is -3.72. The summed E-state index contributed by atoms with van der Waals surface area (Å²) in [6.07, 6.45) is 4.86. The monoisotopic (exact) mass is 588 g/mol. The Bertz CT molecular complexity index is 1740. The molecule has 2 fully saturated rings. The molecule has 218 valence electrons. The van der Waals surface area contributed by atoms with E-state index in [0.29, 0.717) is 45.7 Å². The predicted molar refractivity (Wildman–Crippen MR) is 161 cm³/mol. The Morgan fingerprint density at radius 3 is 2.43 bits per heavy atom. The molecule has 0 bridgehead atoms. The number of hydrogen-bond donors (Lipinski definition) is 1. The van der Waals surface area contributed by atoms with Crippen LogP contribution in [0.4, 0.5) is 10.1 Å². The third kappa shape index (κ3) is 6.27. The Morgan fingerprint density at radius 1 is 1.07 bits per heavy atom. The lowest BCUT2D eigenvalue weighted by atomic mass is 10.00. The average molecular weight is 589 g/mol. The van der Waals surface area contributed by atoms with Gasteiger partial charge in [0, 0.05) is 23.1 Å². The molecule has 2 aliphatic carbocycles. The first-order valence-corrected chi connectivity index (χ1v) is 16.0. The fraction of sp³-hybridized carbons (Fsp3) is 0.303. The van der Waals surface area contributed by atoms with Crippen LogP contribution in [0.15, 0.2) is 83.3 Å². The zero-order valence-corrected chi connectivity index (χ0v) is 24.3. The van der Waals surface area contributed by atoms with Crippen molar-refractivity contribution in [1.82, 2.24) is 5.32 Å². The number of ether oxygens (including phenoxy) is 1. The minimum Gasteiger partial charge on any atom is -0.455 e.